The molecule has 94 valence electrons. The first-order valence-corrected chi connectivity index (χ1v) is 6.01. The summed E-state index contributed by atoms with van der Waals surface area (Å²) in [6.07, 6.45) is 1.77. The van der Waals surface area contributed by atoms with E-state index in [0.717, 1.165) is 27.8 Å². The summed E-state index contributed by atoms with van der Waals surface area (Å²) in [6.45, 7) is 0. The Balaban J connectivity index is 2.33. The standard InChI is InChI=1S/C16H13NO2/c1-19-14-9-6-12-3-2-10-17-16(12)15(14)11-4-7-13(18)8-5-11/h2-10,18H,1H3. The predicted octanol–water partition coefficient (Wildman–Crippen LogP) is 3.62. The summed E-state index contributed by atoms with van der Waals surface area (Å²) < 4.78 is 5.44. The highest BCUT2D eigenvalue weighted by atomic mass is 16.5. The third kappa shape index (κ3) is 1.99. The van der Waals surface area contributed by atoms with Crippen LogP contribution in [-0.4, -0.2) is 17.2 Å². The molecule has 0 aliphatic rings. The van der Waals surface area contributed by atoms with Crippen LogP contribution in [-0.2, 0) is 0 Å². The second-order valence-electron chi connectivity index (χ2n) is 4.26. The van der Waals surface area contributed by atoms with Crippen LogP contribution in [0.4, 0.5) is 0 Å². The van der Waals surface area contributed by atoms with E-state index in [4.69, 9.17) is 4.74 Å². The molecule has 3 aromatic rings. The van der Waals surface area contributed by atoms with E-state index in [2.05, 4.69) is 4.98 Å². The minimum Gasteiger partial charge on any atom is -0.508 e. The first-order chi connectivity index (χ1) is 9.29. The van der Waals surface area contributed by atoms with Crippen molar-refractivity contribution in [3.63, 3.8) is 0 Å². The predicted molar refractivity (Wildman–Crippen MR) is 75.4 cm³/mol. The number of phenols is 1. The molecule has 0 atom stereocenters. The van der Waals surface area contributed by atoms with E-state index in [0.29, 0.717) is 0 Å². The van der Waals surface area contributed by atoms with Crippen molar-refractivity contribution in [2.45, 2.75) is 0 Å². The maximum atomic E-state index is 9.40. The fourth-order valence-electron chi connectivity index (χ4n) is 2.20. The molecule has 0 radical (unpaired) electrons. The van der Waals surface area contributed by atoms with Gasteiger partial charge >= 0.3 is 0 Å². The third-order valence-corrected chi connectivity index (χ3v) is 3.11. The molecule has 3 rings (SSSR count). The molecule has 0 amide bonds. The van der Waals surface area contributed by atoms with Crippen molar-refractivity contribution in [3.05, 3.63) is 54.7 Å². The number of aromatic nitrogens is 1. The molecule has 0 saturated carbocycles. The van der Waals surface area contributed by atoms with Gasteiger partial charge in [0, 0.05) is 11.6 Å². The number of aromatic hydroxyl groups is 1. The summed E-state index contributed by atoms with van der Waals surface area (Å²) >= 11 is 0. The molecule has 0 fully saturated rings. The van der Waals surface area contributed by atoms with Crippen LogP contribution < -0.4 is 4.74 Å². The normalized spacial score (nSPS) is 10.6. The van der Waals surface area contributed by atoms with Crippen LogP contribution in [0.1, 0.15) is 0 Å². The second-order valence-corrected chi connectivity index (χ2v) is 4.26. The second kappa shape index (κ2) is 4.61. The summed E-state index contributed by atoms with van der Waals surface area (Å²) in [5.74, 6) is 1.02. The molecule has 2 aromatic carbocycles. The fourth-order valence-corrected chi connectivity index (χ4v) is 2.20. The molecule has 3 heteroatoms. The number of pyridine rings is 1. The SMILES string of the molecule is COc1ccc2cccnc2c1-c1ccc(O)cc1. The minimum atomic E-state index is 0.246. The van der Waals surface area contributed by atoms with E-state index in [9.17, 15) is 5.11 Å². The summed E-state index contributed by atoms with van der Waals surface area (Å²) in [7, 11) is 1.65. The number of rotatable bonds is 2. The van der Waals surface area contributed by atoms with E-state index in [-0.39, 0.29) is 5.75 Å². The first-order valence-electron chi connectivity index (χ1n) is 6.01. The van der Waals surface area contributed by atoms with E-state index in [1.54, 1.807) is 25.4 Å². The van der Waals surface area contributed by atoms with E-state index in [1.807, 2.05) is 36.4 Å². The number of hydrogen-bond donors (Lipinski definition) is 1. The van der Waals surface area contributed by atoms with Crippen LogP contribution in [0.15, 0.2) is 54.7 Å². The monoisotopic (exact) mass is 251 g/mol. The zero-order valence-electron chi connectivity index (χ0n) is 10.5. The van der Waals surface area contributed by atoms with Gasteiger partial charge in [-0.15, -0.1) is 0 Å². The van der Waals surface area contributed by atoms with Crippen LogP contribution in [0, 0.1) is 0 Å². The molecule has 0 aliphatic heterocycles. The minimum absolute atomic E-state index is 0.246. The molecule has 1 aromatic heterocycles. The number of nitrogens with zero attached hydrogens (tertiary/aromatic N) is 1. The molecule has 0 bridgehead atoms. The molecule has 0 spiro atoms. The van der Waals surface area contributed by atoms with E-state index >= 15 is 0 Å². The molecule has 3 nitrogen and oxygen atoms in total. The van der Waals surface area contributed by atoms with Crippen molar-refractivity contribution in [2.24, 2.45) is 0 Å². The number of hydrogen-bond acceptors (Lipinski definition) is 3. The van der Waals surface area contributed by atoms with E-state index < -0.39 is 0 Å². The fraction of sp³-hybridized carbons (Fsp3) is 0.0625. The van der Waals surface area contributed by atoms with Gasteiger partial charge in [-0.3, -0.25) is 4.98 Å². The Bertz CT molecular complexity index is 720. The Morgan fingerprint density at radius 2 is 1.79 bits per heavy atom. The Morgan fingerprint density at radius 1 is 1.00 bits per heavy atom. The maximum Gasteiger partial charge on any atom is 0.128 e. The number of ether oxygens (including phenoxy) is 1. The molecule has 0 saturated heterocycles. The van der Waals surface area contributed by atoms with Crippen LogP contribution in [0.5, 0.6) is 11.5 Å². The highest BCUT2D eigenvalue weighted by molar-refractivity contribution is 5.96. The van der Waals surface area contributed by atoms with Gasteiger partial charge in [0.25, 0.3) is 0 Å². The van der Waals surface area contributed by atoms with Crippen LogP contribution in [0.2, 0.25) is 0 Å². The van der Waals surface area contributed by atoms with Gasteiger partial charge in [-0.1, -0.05) is 18.2 Å². The van der Waals surface area contributed by atoms with Gasteiger partial charge in [-0.25, -0.2) is 0 Å². The first kappa shape index (κ1) is 11.5. The Morgan fingerprint density at radius 3 is 2.53 bits per heavy atom. The average molecular weight is 251 g/mol. The smallest absolute Gasteiger partial charge is 0.128 e. The highest BCUT2D eigenvalue weighted by Crippen LogP contribution is 2.36. The summed E-state index contributed by atoms with van der Waals surface area (Å²) in [4.78, 5) is 4.45. The van der Waals surface area contributed by atoms with Crippen molar-refractivity contribution >= 4 is 10.9 Å². The van der Waals surface area contributed by atoms with Crippen molar-refractivity contribution in [1.29, 1.82) is 0 Å². The zero-order chi connectivity index (χ0) is 13.2. The molecule has 0 aliphatic carbocycles. The number of benzene rings is 2. The lowest BCUT2D eigenvalue weighted by Crippen LogP contribution is -1.91. The summed E-state index contributed by atoms with van der Waals surface area (Å²) in [6, 6.07) is 14.9. The van der Waals surface area contributed by atoms with Crippen LogP contribution in [0.3, 0.4) is 0 Å². The Kier molecular flexibility index (Phi) is 2.80. The molecular formula is C16H13NO2. The lowest BCUT2D eigenvalue weighted by atomic mass is 10.0. The van der Waals surface area contributed by atoms with Crippen molar-refractivity contribution in [3.8, 4) is 22.6 Å². The van der Waals surface area contributed by atoms with Gasteiger partial charge in [-0.2, -0.15) is 0 Å². The van der Waals surface area contributed by atoms with Crippen molar-refractivity contribution in [1.82, 2.24) is 4.98 Å². The van der Waals surface area contributed by atoms with Crippen molar-refractivity contribution < 1.29 is 9.84 Å². The topological polar surface area (TPSA) is 42.4 Å². The maximum absolute atomic E-state index is 9.40. The zero-order valence-corrected chi connectivity index (χ0v) is 10.5. The number of phenolic OH excluding ortho intramolecular Hbond substituents is 1. The number of methoxy groups -OCH3 is 1. The third-order valence-electron chi connectivity index (χ3n) is 3.11. The van der Waals surface area contributed by atoms with Gasteiger partial charge in [0.2, 0.25) is 0 Å². The molecule has 19 heavy (non-hydrogen) atoms. The molecule has 1 heterocycles. The summed E-state index contributed by atoms with van der Waals surface area (Å²) in [5.41, 5.74) is 2.81. The average Bonchev–Trinajstić information content (AvgIpc) is 2.47. The lowest BCUT2D eigenvalue weighted by Gasteiger charge is -2.11. The highest BCUT2D eigenvalue weighted by Gasteiger charge is 2.11. The molecular weight excluding hydrogens is 238 g/mol. The van der Waals surface area contributed by atoms with Crippen LogP contribution in [0.25, 0.3) is 22.0 Å². The van der Waals surface area contributed by atoms with Crippen molar-refractivity contribution in [2.75, 3.05) is 7.11 Å². The van der Waals surface area contributed by atoms with Gasteiger partial charge in [0.15, 0.2) is 0 Å². The lowest BCUT2D eigenvalue weighted by molar-refractivity contribution is 0.417. The van der Waals surface area contributed by atoms with Crippen LogP contribution >= 0.6 is 0 Å². The van der Waals surface area contributed by atoms with Gasteiger partial charge < -0.3 is 9.84 Å². The summed E-state index contributed by atoms with van der Waals surface area (Å²) in [5, 5.41) is 10.5. The van der Waals surface area contributed by atoms with Gasteiger partial charge in [0.05, 0.1) is 18.2 Å². The van der Waals surface area contributed by atoms with Gasteiger partial charge in [-0.05, 0) is 35.9 Å². The van der Waals surface area contributed by atoms with Gasteiger partial charge in [0.1, 0.15) is 11.5 Å². The van der Waals surface area contributed by atoms with E-state index in [1.165, 1.54) is 0 Å². The largest absolute Gasteiger partial charge is 0.508 e. The quantitative estimate of drug-likeness (QED) is 0.756. The molecule has 0 unspecified atom stereocenters. The Hall–Kier alpha value is -2.55. The molecule has 1 N–H and O–H groups in total. The number of fused-ring (bicyclic) bond motifs is 1. The Labute approximate surface area is 111 Å².